The fourth-order valence-corrected chi connectivity index (χ4v) is 4.97. The van der Waals surface area contributed by atoms with E-state index in [-0.39, 0.29) is 17.7 Å². The van der Waals surface area contributed by atoms with Gasteiger partial charge in [0.2, 0.25) is 5.91 Å². The second kappa shape index (κ2) is 11.5. The van der Waals surface area contributed by atoms with Crippen LogP contribution in [-0.2, 0) is 4.79 Å². The van der Waals surface area contributed by atoms with E-state index in [2.05, 4.69) is 22.0 Å². The van der Waals surface area contributed by atoms with Gasteiger partial charge in [0.15, 0.2) is 5.78 Å². The zero-order valence-electron chi connectivity index (χ0n) is 18.9. The maximum Gasteiger partial charge on any atom is 0.220 e. The molecule has 30 heavy (non-hydrogen) atoms. The lowest BCUT2D eigenvalue weighted by molar-refractivity contribution is -0.122. The largest absolute Gasteiger partial charge is 0.371 e. The minimum Gasteiger partial charge on any atom is -0.371 e. The summed E-state index contributed by atoms with van der Waals surface area (Å²) in [6, 6.07) is 8.90. The van der Waals surface area contributed by atoms with Gasteiger partial charge in [0.25, 0.3) is 0 Å². The van der Waals surface area contributed by atoms with Crippen molar-refractivity contribution in [3.05, 3.63) is 29.8 Å². The molecule has 0 aromatic heterocycles. The van der Waals surface area contributed by atoms with Crippen molar-refractivity contribution in [2.45, 2.75) is 83.7 Å². The Morgan fingerprint density at radius 3 is 2.30 bits per heavy atom. The third kappa shape index (κ3) is 6.56. The first-order valence-corrected chi connectivity index (χ1v) is 12.0. The normalized spacial score (nSPS) is 18.2. The summed E-state index contributed by atoms with van der Waals surface area (Å²) in [5, 5.41) is 3.26. The monoisotopic (exact) mass is 413 g/mol. The standard InChI is InChI=1S/C25H39N3O2/c1-3-16-27(23-7-4-5-8-23)17-6-9-25(30)26-22-14-18-28(19-15-22)24-12-10-21(11-13-24)20(2)29/h10-13,22-23H,3-9,14-19H2,1-2H3,(H,26,30). The van der Waals surface area contributed by atoms with Gasteiger partial charge < -0.3 is 15.1 Å². The molecule has 1 aliphatic carbocycles. The van der Waals surface area contributed by atoms with Crippen molar-refractivity contribution >= 4 is 17.4 Å². The number of anilines is 1. The molecule has 0 spiro atoms. The Kier molecular flexibility index (Phi) is 8.74. The van der Waals surface area contributed by atoms with Gasteiger partial charge in [-0.05, 0) is 82.8 Å². The van der Waals surface area contributed by atoms with E-state index in [9.17, 15) is 9.59 Å². The Morgan fingerprint density at radius 1 is 1.03 bits per heavy atom. The van der Waals surface area contributed by atoms with Crippen LogP contribution in [-0.4, -0.2) is 54.9 Å². The third-order valence-corrected chi connectivity index (χ3v) is 6.70. The molecule has 1 aromatic carbocycles. The third-order valence-electron chi connectivity index (χ3n) is 6.70. The summed E-state index contributed by atoms with van der Waals surface area (Å²) < 4.78 is 0. The van der Waals surface area contributed by atoms with E-state index in [4.69, 9.17) is 0 Å². The summed E-state index contributed by atoms with van der Waals surface area (Å²) >= 11 is 0. The number of hydrogen-bond donors (Lipinski definition) is 1. The zero-order chi connectivity index (χ0) is 21.3. The van der Waals surface area contributed by atoms with Crippen molar-refractivity contribution in [2.24, 2.45) is 0 Å². The first-order valence-electron chi connectivity index (χ1n) is 12.0. The molecule has 0 radical (unpaired) electrons. The number of amides is 1. The van der Waals surface area contributed by atoms with Gasteiger partial charge >= 0.3 is 0 Å². The quantitative estimate of drug-likeness (QED) is 0.577. The predicted octanol–water partition coefficient (Wildman–Crippen LogP) is 4.41. The highest BCUT2D eigenvalue weighted by atomic mass is 16.1. The Hall–Kier alpha value is -1.88. The number of Topliss-reactive ketones (excluding diaryl/α,β-unsaturated/α-hetero) is 1. The van der Waals surface area contributed by atoms with Gasteiger partial charge in [-0.2, -0.15) is 0 Å². The van der Waals surface area contributed by atoms with E-state index in [0.717, 1.165) is 62.7 Å². The number of piperidine rings is 1. The van der Waals surface area contributed by atoms with Crippen molar-refractivity contribution in [3.8, 4) is 0 Å². The van der Waals surface area contributed by atoms with Crippen molar-refractivity contribution in [2.75, 3.05) is 31.1 Å². The van der Waals surface area contributed by atoms with Crippen molar-refractivity contribution < 1.29 is 9.59 Å². The van der Waals surface area contributed by atoms with E-state index in [1.54, 1.807) is 6.92 Å². The lowest BCUT2D eigenvalue weighted by Gasteiger charge is -2.34. The van der Waals surface area contributed by atoms with Crippen LogP contribution < -0.4 is 10.2 Å². The number of benzene rings is 1. The summed E-state index contributed by atoms with van der Waals surface area (Å²) in [6.07, 6.45) is 10.1. The second-order valence-corrected chi connectivity index (χ2v) is 9.01. The van der Waals surface area contributed by atoms with Gasteiger partial charge in [0, 0.05) is 42.8 Å². The molecule has 3 rings (SSSR count). The van der Waals surface area contributed by atoms with Crippen LogP contribution in [0.3, 0.4) is 0 Å². The first kappa shape index (κ1) is 22.8. The van der Waals surface area contributed by atoms with E-state index in [1.165, 1.54) is 32.1 Å². The lowest BCUT2D eigenvalue weighted by Crippen LogP contribution is -2.45. The molecule has 1 aliphatic heterocycles. The molecule has 5 heteroatoms. The molecule has 1 amide bonds. The molecule has 2 fully saturated rings. The minimum atomic E-state index is 0.101. The summed E-state index contributed by atoms with van der Waals surface area (Å²) in [5.74, 6) is 0.311. The number of carbonyl (C=O) groups is 2. The summed E-state index contributed by atoms with van der Waals surface area (Å²) in [6.45, 7) is 7.95. The van der Waals surface area contributed by atoms with E-state index < -0.39 is 0 Å². The maximum absolute atomic E-state index is 12.4. The molecule has 0 bridgehead atoms. The highest BCUT2D eigenvalue weighted by molar-refractivity contribution is 5.94. The Labute approximate surface area is 182 Å². The average Bonchev–Trinajstić information content (AvgIpc) is 3.28. The van der Waals surface area contributed by atoms with Gasteiger partial charge in [0.05, 0.1) is 0 Å². The van der Waals surface area contributed by atoms with Crippen LogP contribution >= 0.6 is 0 Å². The van der Waals surface area contributed by atoms with Crippen LogP contribution in [0, 0.1) is 0 Å². The van der Waals surface area contributed by atoms with Gasteiger partial charge in [-0.3, -0.25) is 9.59 Å². The average molecular weight is 414 g/mol. The molecule has 0 atom stereocenters. The summed E-state index contributed by atoms with van der Waals surface area (Å²) in [5.41, 5.74) is 1.92. The van der Waals surface area contributed by atoms with Crippen LogP contribution in [0.4, 0.5) is 5.69 Å². The number of hydrogen-bond acceptors (Lipinski definition) is 4. The highest BCUT2D eigenvalue weighted by Gasteiger charge is 2.23. The molecule has 1 aromatic rings. The fourth-order valence-electron chi connectivity index (χ4n) is 4.97. The summed E-state index contributed by atoms with van der Waals surface area (Å²) in [7, 11) is 0. The van der Waals surface area contributed by atoms with E-state index in [1.807, 2.05) is 24.3 Å². The topological polar surface area (TPSA) is 52.7 Å². The molecular formula is C25H39N3O2. The molecule has 1 saturated heterocycles. The highest BCUT2D eigenvalue weighted by Crippen LogP contribution is 2.24. The van der Waals surface area contributed by atoms with Crippen molar-refractivity contribution in [3.63, 3.8) is 0 Å². The molecule has 1 heterocycles. The molecule has 1 N–H and O–H groups in total. The fraction of sp³-hybridized carbons (Fsp3) is 0.680. The van der Waals surface area contributed by atoms with Crippen LogP contribution in [0.15, 0.2) is 24.3 Å². The molecule has 1 saturated carbocycles. The van der Waals surface area contributed by atoms with Crippen LogP contribution in [0.1, 0.15) is 82.0 Å². The van der Waals surface area contributed by atoms with Gasteiger partial charge in [-0.15, -0.1) is 0 Å². The molecule has 5 nitrogen and oxygen atoms in total. The van der Waals surface area contributed by atoms with Crippen molar-refractivity contribution in [1.29, 1.82) is 0 Å². The molecular weight excluding hydrogens is 374 g/mol. The minimum absolute atomic E-state index is 0.101. The van der Waals surface area contributed by atoms with Crippen LogP contribution in [0.5, 0.6) is 0 Å². The van der Waals surface area contributed by atoms with Crippen LogP contribution in [0.25, 0.3) is 0 Å². The molecule has 0 unspecified atom stereocenters. The molecule has 166 valence electrons. The van der Waals surface area contributed by atoms with Crippen molar-refractivity contribution in [1.82, 2.24) is 10.2 Å². The number of nitrogens with zero attached hydrogens (tertiary/aromatic N) is 2. The van der Waals surface area contributed by atoms with Crippen LogP contribution in [0.2, 0.25) is 0 Å². The van der Waals surface area contributed by atoms with Gasteiger partial charge in [-0.1, -0.05) is 19.8 Å². The van der Waals surface area contributed by atoms with Gasteiger partial charge in [0.1, 0.15) is 0 Å². The SMILES string of the molecule is CCCN(CCCC(=O)NC1CCN(c2ccc(C(C)=O)cc2)CC1)C1CCCC1. The molecule has 2 aliphatic rings. The Morgan fingerprint density at radius 2 is 1.70 bits per heavy atom. The smallest absolute Gasteiger partial charge is 0.220 e. The lowest BCUT2D eigenvalue weighted by atomic mass is 10.0. The first-order chi connectivity index (χ1) is 14.6. The number of nitrogens with one attached hydrogen (secondary N) is 1. The van der Waals surface area contributed by atoms with E-state index >= 15 is 0 Å². The Balaban J connectivity index is 1.36. The number of carbonyl (C=O) groups excluding carboxylic acids is 2. The predicted molar refractivity (Wildman–Crippen MR) is 123 cm³/mol. The number of rotatable bonds is 10. The van der Waals surface area contributed by atoms with E-state index in [0.29, 0.717) is 6.42 Å². The maximum atomic E-state index is 12.4. The zero-order valence-corrected chi connectivity index (χ0v) is 18.9. The van der Waals surface area contributed by atoms with Gasteiger partial charge in [-0.25, -0.2) is 0 Å². The number of ketones is 1. The summed E-state index contributed by atoms with van der Waals surface area (Å²) in [4.78, 5) is 28.8. The second-order valence-electron chi connectivity index (χ2n) is 9.01. The Bertz CT molecular complexity index is 674.